The molecule has 31 heavy (non-hydrogen) atoms. The number of carbonyl (C=O) groups excluding carboxylic acids is 2. The fraction of sp³-hybridized carbons (Fsp3) is 0.385. The fourth-order valence-electron chi connectivity index (χ4n) is 4.39. The number of ether oxygens (including phenoxy) is 1. The average Bonchev–Trinajstić information content (AvgIpc) is 2.76. The maximum Gasteiger partial charge on any atom is 0.289 e. The lowest BCUT2D eigenvalue weighted by atomic mass is 9.89. The highest BCUT2D eigenvalue weighted by molar-refractivity contribution is 5.98. The first-order valence-corrected chi connectivity index (χ1v) is 11.1. The van der Waals surface area contributed by atoms with Gasteiger partial charge in [-0.2, -0.15) is 0 Å². The van der Waals surface area contributed by atoms with Gasteiger partial charge in [0.25, 0.3) is 5.91 Å². The Morgan fingerprint density at radius 2 is 1.87 bits per heavy atom. The first kappa shape index (κ1) is 21.2. The summed E-state index contributed by atoms with van der Waals surface area (Å²) >= 11 is 0. The third-order valence-electron chi connectivity index (χ3n) is 6.08. The predicted molar refractivity (Wildman–Crippen MR) is 121 cm³/mol. The second-order valence-corrected chi connectivity index (χ2v) is 8.63. The number of fused-ring (bicyclic) bond motifs is 1. The molecule has 162 valence electrons. The van der Waals surface area contributed by atoms with E-state index < -0.39 is 0 Å². The molecule has 5 heteroatoms. The van der Waals surface area contributed by atoms with Crippen molar-refractivity contribution in [3.8, 4) is 0 Å². The van der Waals surface area contributed by atoms with Crippen molar-refractivity contribution >= 4 is 17.9 Å². The van der Waals surface area contributed by atoms with E-state index in [2.05, 4.69) is 5.32 Å². The SMILES string of the molecule is Cc1ccc(CNC(=O)CN2C(=O)/C(=C\c3cccc(C)c3)OC3CCCCC32)cc1. The molecular weight excluding hydrogens is 388 g/mol. The number of nitrogens with zero attached hydrogens (tertiary/aromatic N) is 1. The number of nitrogens with one attached hydrogen (secondary N) is 1. The molecule has 0 bridgehead atoms. The minimum atomic E-state index is -0.199. The number of aryl methyl sites for hydroxylation is 2. The Labute approximate surface area is 184 Å². The Hall–Kier alpha value is -3.08. The fourth-order valence-corrected chi connectivity index (χ4v) is 4.39. The summed E-state index contributed by atoms with van der Waals surface area (Å²) in [5.41, 5.74) is 4.29. The van der Waals surface area contributed by atoms with Crippen LogP contribution in [0, 0.1) is 13.8 Å². The lowest BCUT2D eigenvalue weighted by Crippen LogP contribution is -2.57. The zero-order valence-corrected chi connectivity index (χ0v) is 18.3. The summed E-state index contributed by atoms with van der Waals surface area (Å²) in [5, 5.41) is 2.96. The van der Waals surface area contributed by atoms with Crippen LogP contribution in [0.5, 0.6) is 0 Å². The molecule has 2 aromatic carbocycles. The van der Waals surface area contributed by atoms with Gasteiger partial charge in [0.2, 0.25) is 5.91 Å². The quantitative estimate of drug-likeness (QED) is 0.743. The van der Waals surface area contributed by atoms with Crippen LogP contribution < -0.4 is 5.32 Å². The molecule has 1 saturated carbocycles. The van der Waals surface area contributed by atoms with Crippen molar-refractivity contribution in [1.29, 1.82) is 0 Å². The van der Waals surface area contributed by atoms with Crippen molar-refractivity contribution in [2.45, 2.75) is 58.2 Å². The Bertz CT molecular complexity index is 980. The van der Waals surface area contributed by atoms with Crippen LogP contribution in [0.15, 0.2) is 54.3 Å². The number of hydrogen-bond acceptors (Lipinski definition) is 3. The van der Waals surface area contributed by atoms with E-state index in [1.54, 1.807) is 11.0 Å². The monoisotopic (exact) mass is 418 g/mol. The van der Waals surface area contributed by atoms with Crippen LogP contribution in [-0.2, 0) is 20.9 Å². The molecule has 1 aliphatic heterocycles. The second kappa shape index (κ2) is 9.38. The van der Waals surface area contributed by atoms with Gasteiger partial charge in [-0.25, -0.2) is 0 Å². The lowest BCUT2D eigenvalue weighted by molar-refractivity contribution is -0.151. The topological polar surface area (TPSA) is 58.6 Å². The van der Waals surface area contributed by atoms with E-state index >= 15 is 0 Å². The average molecular weight is 419 g/mol. The van der Waals surface area contributed by atoms with Crippen LogP contribution in [0.1, 0.15) is 47.9 Å². The van der Waals surface area contributed by atoms with Crippen LogP contribution in [0.25, 0.3) is 6.08 Å². The third kappa shape index (κ3) is 5.16. The Balaban J connectivity index is 1.48. The van der Waals surface area contributed by atoms with Gasteiger partial charge in [0.15, 0.2) is 5.76 Å². The summed E-state index contributed by atoms with van der Waals surface area (Å²) in [4.78, 5) is 27.7. The first-order chi connectivity index (χ1) is 15.0. The largest absolute Gasteiger partial charge is 0.482 e. The maximum absolute atomic E-state index is 13.3. The van der Waals surface area contributed by atoms with E-state index in [0.29, 0.717) is 12.3 Å². The van der Waals surface area contributed by atoms with E-state index in [9.17, 15) is 9.59 Å². The molecule has 2 fully saturated rings. The van der Waals surface area contributed by atoms with Gasteiger partial charge < -0.3 is 15.0 Å². The van der Waals surface area contributed by atoms with Gasteiger partial charge in [-0.3, -0.25) is 9.59 Å². The maximum atomic E-state index is 13.3. The standard InChI is InChI=1S/C26H30N2O3/c1-18-10-12-20(13-11-18)16-27-25(29)17-28-22-8-3-4-9-23(22)31-24(26(28)30)15-21-7-5-6-19(2)14-21/h5-7,10-15,22-23H,3-4,8-9,16-17H2,1-2H3,(H,27,29)/b24-15+. The normalized spacial score (nSPS) is 22.1. The molecule has 2 aromatic rings. The highest BCUT2D eigenvalue weighted by Crippen LogP contribution is 2.33. The molecule has 1 N–H and O–H groups in total. The van der Waals surface area contributed by atoms with E-state index in [-0.39, 0.29) is 30.5 Å². The Morgan fingerprint density at radius 1 is 1.10 bits per heavy atom. The van der Waals surface area contributed by atoms with E-state index in [1.165, 1.54) is 5.56 Å². The summed E-state index contributed by atoms with van der Waals surface area (Å²) in [6.45, 7) is 4.57. The summed E-state index contributed by atoms with van der Waals surface area (Å²) in [5.74, 6) is -0.00900. The molecular formula is C26H30N2O3. The van der Waals surface area contributed by atoms with Crippen LogP contribution in [0.3, 0.4) is 0 Å². The number of amides is 2. The number of hydrogen-bond donors (Lipinski definition) is 1. The molecule has 2 unspecified atom stereocenters. The first-order valence-electron chi connectivity index (χ1n) is 11.1. The number of benzene rings is 2. The minimum Gasteiger partial charge on any atom is -0.482 e. The molecule has 0 aromatic heterocycles. The highest BCUT2D eigenvalue weighted by Gasteiger charge is 2.42. The summed E-state index contributed by atoms with van der Waals surface area (Å²) in [6, 6.07) is 16.0. The number of rotatable bonds is 5. The van der Waals surface area contributed by atoms with Gasteiger partial charge >= 0.3 is 0 Å². The summed E-state index contributed by atoms with van der Waals surface area (Å²) in [7, 11) is 0. The molecule has 1 aliphatic carbocycles. The number of morpholine rings is 1. The van der Waals surface area contributed by atoms with Gasteiger partial charge in [0.1, 0.15) is 12.6 Å². The molecule has 5 nitrogen and oxygen atoms in total. The summed E-state index contributed by atoms with van der Waals surface area (Å²) < 4.78 is 6.14. The zero-order valence-electron chi connectivity index (χ0n) is 18.3. The van der Waals surface area contributed by atoms with Crippen molar-refractivity contribution in [2.75, 3.05) is 6.54 Å². The van der Waals surface area contributed by atoms with Crippen molar-refractivity contribution in [3.05, 3.63) is 76.5 Å². The predicted octanol–water partition coefficient (Wildman–Crippen LogP) is 4.13. The third-order valence-corrected chi connectivity index (χ3v) is 6.08. The van der Waals surface area contributed by atoms with Gasteiger partial charge in [-0.05, 0) is 50.3 Å². The van der Waals surface area contributed by atoms with E-state index in [1.807, 2.05) is 62.4 Å². The van der Waals surface area contributed by atoms with Crippen molar-refractivity contribution in [1.82, 2.24) is 10.2 Å². The molecule has 2 atom stereocenters. The lowest BCUT2D eigenvalue weighted by Gasteiger charge is -2.44. The number of carbonyl (C=O) groups is 2. The van der Waals surface area contributed by atoms with E-state index in [0.717, 1.165) is 42.4 Å². The smallest absolute Gasteiger partial charge is 0.289 e. The zero-order chi connectivity index (χ0) is 21.8. The molecule has 1 heterocycles. The van der Waals surface area contributed by atoms with Crippen LogP contribution in [-0.4, -0.2) is 35.4 Å². The molecule has 1 saturated heterocycles. The van der Waals surface area contributed by atoms with Gasteiger partial charge in [0, 0.05) is 6.54 Å². The van der Waals surface area contributed by atoms with Crippen molar-refractivity contribution in [2.24, 2.45) is 0 Å². The van der Waals surface area contributed by atoms with E-state index in [4.69, 9.17) is 4.74 Å². The van der Waals surface area contributed by atoms with Crippen LogP contribution in [0.2, 0.25) is 0 Å². The van der Waals surface area contributed by atoms with Crippen molar-refractivity contribution < 1.29 is 14.3 Å². The van der Waals surface area contributed by atoms with Gasteiger partial charge in [-0.15, -0.1) is 0 Å². The van der Waals surface area contributed by atoms with Crippen LogP contribution >= 0.6 is 0 Å². The van der Waals surface area contributed by atoms with Crippen LogP contribution in [0.4, 0.5) is 0 Å². The Kier molecular flexibility index (Phi) is 6.40. The summed E-state index contributed by atoms with van der Waals surface area (Å²) in [6.07, 6.45) is 5.67. The Morgan fingerprint density at radius 3 is 2.65 bits per heavy atom. The molecule has 2 amide bonds. The van der Waals surface area contributed by atoms with Crippen molar-refractivity contribution in [3.63, 3.8) is 0 Å². The minimum absolute atomic E-state index is 0.0407. The molecule has 0 radical (unpaired) electrons. The highest BCUT2D eigenvalue weighted by atomic mass is 16.5. The van der Waals surface area contributed by atoms with Gasteiger partial charge in [0.05, 0.1) is 6.04 Å². The molecule has 0 spiro atoms. The second-order valence-electron chi connectivity index (χ2n) is 8.63. The molecule has 4 rings (SSSR count). The molecule has 2 aliphatic rings. The van der Waals surface area contributed by atoms with Gasteiger partial charge in [-0.1, -0.05) is 66.1 Å².